The number of thiazole rings is 1. The number of hydrogen-bond donors (Lipinski definition) is 2. The smallest absolute Gasteiger partial charge is 0.295 e. The van der Waals surface area contributed by atoms with Gasteiger partial charge < -0.3 is 10.2 Å². The molecule has 4 rings (SSSR count). The summed E-state index contributed by atoms with van der Waals surface area (Å²) in [5.41, 5.74) is 7.41. The van der Waals surface area contributed by atoms with Gasteiger partial charge in [0.15, 0.2) is 5.13 Å². The Morgan fingerprint density at radius 3 is 2.91 bits per heavy atom. The molecule has 4 aromatic rings. The number of aromatic nitrogens is 1. The Balaban J connectivity index is 1.69. The highest BCUT2D eigenvalue weighted by Crippen LogP contribution is 2.30. The van der Waals surface area contributed by atoms with Gasteiger partial charge in [0.25, 0.3) is 5.91 Å². The Kier molecular flexibility index (Phi) is 3.02. The molecule has 2 aromatic carbocycles. The molecule has 0 radical (unpaired) electrons. The van der Waals surface area contributed by atoms with E-state index in [0.717, 1.165) is 0 Å². The van der Waals surface area contributed by atoms with E-state index in [9.17, 15) is 9.18 Å². The summed E-state index contributed by atoms with van der Waals surface area (Å²) in [4.78, 5) is 16.6. The Morgan fingerprint density at radius 1 is 1.26 bits per heavy atom. The van der Waals surface area contributed by atoms with Gasteiger partial charge in [-0.25, -0.2) is 9.37 Å². The van der Waals surface area contributed by atoms with Crippen molar-refractivity contribution in [3.05, 3.63) is 54.0 Å². The second-order valence-electron chi connectivity index (χ2n) is 4.93. The van der Waals surface area contributed by atoms with E-state index in [2.05, 4.69) is 10.3 Å². The fourth-order valence-electron chi connectivity index (χ4n) is 2.34. The van der Waals surface area contributed by atoms with Crippen molar-refractivity contribution in [3.8, 4) is 0 Å². The molecule has 0 aliphatic rings. The van der Waals surface area contributed by atoms with Crippen molar-refractivity contribution in [2.75, 3.05) is 11.1 Å². The van der Waals surface area contributed by atoms with E-state index < -0.39 is 5.91 Å². The van der Waals surface area contributed by atoms with Gasteiger partial charge in [0, 0.05) is 5.39 Å². The topological polar surface area (TPSA) is 81.2 Å². The second-order valence-corrected chi connectivity index (χ2v) is 5.96. The van der Waals surface area contributed by atoms with Crippen molar-refractivity contribution in [3.63, 3.8) is 0 Å². The van der Waals surface area contributed by atoms with Crippen molar-refractivity contribution in [1.29, 1.82) is 0 Å². The lowest BCUT2D eigenvalue weighted by Crippen LogP contribution is -2.12. The molecule has 1 amide bonds. The largest absolute Gasteiger partial charge is 0.449 e. The van der Waals surface area contributed by atoms with Crippen LogP contribution in [0.5, 0.6) is 0 Å². The van der Waals surface area contributed by atoms with Gasteiger partial charge in [-0.05, 0) is 30.3 Å². The van der Waals surface area contributed by atoms with E-state index in [-0.39, 0.29) is 17.3 Å². The number of benzene rings is 2. The first-order chi connectivity index (χ1) is 11.1. The first kappa shape index (κ1) is 13.7. The molecule has 2 heterocycles. The van der Waals surface area contributed by atoms with E-state index in [1.54, 1.807) is 24.3 Å². The van der Waals surface area contributed by atoms with Gasteiger partial charge in [-0.3, -0.25) is 10.1 Å². The van der Waals surface area contributed by atoms with Gasteiger partial charge in [0.2, 0.25) is 5.76 Å². The van der Waals surface area contributed by atoms with Crippen molar-refractivity contribution < 1.29 is 13.6 Å². The molecule has 0 aliphatic heterocycles. The highest BCUT2D eigenvalue weighted by molar-refractivity contribution is 7.22. The van der Waals surface area contributed by atoms with E-state index in [1.165, 1.54) is 23.5 Å². The van der Waals surface area contributed by atoms with Crippen LogP contribution >= 0.6 is 11.3 Å². The Labute approximate surface area is 133 Å². The number of carbonyl (C=O) groups is 1. The summed E-state index contributed by atoms with van der Waals surface area (Å²) in [5, 5.41) is 3.68. The molecule has 23 heavy (non-hydrogen) atoms. The van der Waals surface area contributed by atoms with Gasteiger partial charge >= 0.3 is 0 Å². The molecule has 0 spiro atoms. The van der Waals surface area contributed by atoms with Crippen LogP contribution in [0.25, 0.3) is 21.2 Å². The number of halogens is 1. The number of rotatable bonds is 2. The molecular weight excluding hydrogens is 317 g/mol. The van der Waals surface area contributed by atoms with Crippen molar-refractivity contribution >= 4 is 49.2 Å². The molecule has 114 valence electrons. The van der Waals surface area contributed by atoms with E-state index in [0.29, 0.717) is 26.3 Å². The minimum atomic E-state index is -0.488. The summed E-state index contributed by atoms with van der Waals surface area (Å²) in [6.45, 7) is 0. The molecule has 0 saturated carbocycles. The number of nitrogens with one attached hydrogen (secondary N) is 1. The molecule has 5 nitrogen and oxygen atoms in total. The third-order valence-corrected chi connectivity index (χ3v) is 4.34. The van der Waals surface area contributed by atoms with Gasteiger partial charge in [-0.2, -0.15) is 0 Å². The summed E-state index contributed by atoms with van der Waals surface area (Å²) >= 11 is 1.18. The maximum Gasteiger partial charge on any atom is 0.295 e. The number of nitrogens with two attached hydrogens (primary N) is 1. The summed E-state index contributed by atoms with van der Waals surface area (Å²) in [6.07, 6.45) is 0. The van der Waals surface area contributed by atoms with E-state index >= 15 is 0 Å². The number of anilines is 2. The average molecular weight is 327 g/mol. The zero-order valence-corrected chi connectivity index (χ0v) is 12.5. The SMILES string of the molecule is Nc1c(C(=O)Nc2nc3ccc(F)cc3s2)oc2ccccc12. The lowest BCUT2D eigenvalue weighted by molar-refractivity contribution is 0.1000. The van der Waals surface area contributed by atoms with Gasteiger partial charge in [0.1, 0.15) is 11.4 Å². The van der Waals surface area contributed by atoms with Gasteiger partial charge in [-0.15, -0.1) is 0 Å². The molecule has 0 unspecified atom stereocenters. The second kappa shape index (κ2) is 5.06. The van der Waals surface area contributed by atoms with Crippen LogP contribution in [0.2, 0.25) is 0 Å². The molecule has 0 fully saturated rings. The molecular formula is C16H10FN3O2S. The van der Waals surface area contributed by atoms with Crippen molar-refractivity contribution in [1.82, 2.24) is 4.98 Å². The lowest BCUT2D eigenvalue weighted by Gasteiger charge is -1.98. The fraction of sp³-hybridized carbons (Fsp3) is 0. The van der Waals surface area contributed by atoms with E-state index in [4.69, 9.17) is 10.2 Å². The first-order valence-corrected chi connectivity index (χ1v) is 7.58. The minimum absolute atomic E-state index is 0.0386. The minimum Gasteiger partial charge on any atom is -0.449 e. The molecule has 0 bridgehead atoms. The Hall–Kier alpha value is -2.93. The number of carbonyl (C=O) groups excluding carboxylic acids is 1. The first-order valence-electron chi connectivity index (χ1n) is 6.76. The number of hydrogen-bond acceptors (Lipinski definition) is 5. The molecule has 0 saturated heterocycles. The maximum absolute atomic E-state index is 13.2. The molecule has 3 N–H and O–H groups in total. The maximum atomic E-state index is 13.2. The number of furan rings is 1. The van der Waals surface area contributed by atoms with Crippen LogP contribution < -0.4 is 11.1 Å². The molecule has 0 aliphatic carbocycles. The van der Waals surface area contributed by atoms with E-state index in [1.807, 2.05) is 6.07 Å². The quantitative estimate of drug-likeness (QED) is 0.583. The zero-order chi connectivity index (χ0) is 16.0. The van der Waals surface area contributed by atoms with Crippen LogP contribution in [0.15, 0.2) is 46.9 Å². The standard InChI is InChI=1S/C16H10FN3O2S/c17-8-5-6-10-12(7-8)23-16(19-10)20-15(21)14-13(18)9-3-1-2-4-11(9)22-14/h1-7H,18H2,(H,19,20,21). The summed E-state index contributed by atoms with van der Waals surface area (Å²) in [7, 11) is 0. The van der Waals surface area contributed by atoms with Crippen LogP contribution in [-0.2, 0) is 0 Å². The van der Waals surface area contributed by atoms with Gasteiger partial charge in [-0.1, -0.05) is 23.5 Å². The highest BCUT2D eigenvalue weighted by atomic mass is 32.1. The normalized spacial score (nSPS) is 11.2. The number of para-hydroxylation sites is 1. The van der Waals surface area contributed by atoms with Crippen LogP contribution in [0.1, 0.15) is 10.6 Å². The lowest BCUT2D eigenvalue weighted by atomic mass is 10.2. The van der Waals surface area contributed by atoms with Crippen LogP contribution in [0.3, 0.4) is 0 Å². The third kappa shape index (κ3) is 2.31. The number of nitrogen functional groups attached to an aromatic ring is 1. The number of fused-ring (bicyclic) bond motifs is 2. The average Bonchev–Trinajstić information content (AvgIpc) is 3.08. The van der Waals surface area contributed by atoms with Crippen LogP contribution in [0, 0.1) is 5.82 Å². The monoisotopic (exact) mass is 327 g/mol. The van der Waals surface area contributed by atoms with Crippen molar-refractivity contribution in [2.45, 2.75) is 0 Å². The predicted molar refractivity (Wildman–Crippen MR) is 88.2 cm³/mol. The molecule has 0 atom stereocenters. The zero-order valence-electron chi connectivity index (χ0n) is 11.7. The third-order valence-electron chi connectivity index (χ3n) is 3.41. The Bertz CT molecular complexity index is 1050. The van der Waals surface area contributed by atoms with Gasteiger partial charge in [0.05, 0.1) is 15.9 Å². The number of amides is 1. The van der Waals surface area contributed by atoms with Crippen molar-refractivity contribution in [2.24, 2.45) is 0 Å². The Morgan fingerprint density at radius 2 is 2.09 bits per heavy atom. The molecule has 2 aromatic heterocycles. The summed E-state index contributed by atoms with van der Waals surface area (Å²) in [5.74, 6) is -0.796. The fourth-order valence-corrected chi connectivity index (χ4v) is 3.23. The predicted octanol–water partition coefficient (Wildman–Crippen LogP) is 4.02. The summed E-state index contributed by atoms with van der Waals surface area (Å²) < 4.78 is 19.4. The van der Waals surface area contributed by atoms with Crippen LogP contribution in [0.4, 0.5) is 15.2 Å². The molecule has 7 heteroatoms. The highest BCUT2D eigenvalue weighted by Gasteiger charge is 2.19. The summed E-state index contributed by atoms with van der Waals surface area (Å²) in [6, 6.07) is 11.4. The number of nitrogens with zero attached hydrogens (tertiary/aromatic N) is 1. The van der Waals surface area contributed by atoms with Crippen LogP contribution in [-0.4, -0.2) is 10.9 Å².